The van der Waals surface area contributed by atoms with E-state index in [1.165, 1.54) is 13.3 Å². The number of halogens is 3. The Kier molecular flexibility index (Phi) is 6.50. The summed E-state index contributed by atoms with van der Waals surface area (Å²) in [6.45, 7) is 2.19. The topological polar surface area (TPSA) is 103 Å². The van der Waals surface area contributed by atoms with Crippen LogP contribution in [0.25, 0.3) is 11.5 Å². The number of aromatic nitrogens is 6. The van der Waals surface area contributed by atoms with Gasteiger partial charge in [-0.25, -0.2) is 5.43 Å². The first-order valence-corrected chi connectivity index (χ1v) is 9.67. The minimum atomic E-state index is -4.52. The van der Waals surface area contributed by atoms with Crippen molar-refractivity contribution in [2.24, 2.45) is 12.1 Å². The van der Waals surface area contributed by atoms with Gasteiger partial charge < -0.3 is 4.57 Å². The maximum atomic E-state index is 13.0. The number of amides is 1. The van der Waals surface area contributed by atoms with Gasteiger partial charge in [0.05, 0.1) is 12.0 Å². The SMILES string of the molecule is CCn1c(SCC(=O)N/N=C/c2ccncc2)nnc1-c1cc(C(F)(F)F)n(C)n1. The van der Waals surface area contributed by atoms with E-state index in [0.29, 0.717) is 11.7 Å². The van der Waals surface area contributed by atoms with Crippen molar-refractivity contribution in [3.8, 4) is 11.5 Å². The van der Waals surface area contributed by atoms with Crippen LogP contribution in [0.15, 0.2) is 40.9 Å². The minimum Gasteiger partial charge on any atom is -0.301 e. The summed E-state index contributed by atoms with van der Waals surface area (Å²) in [6, 6.07) is 4.39. The van der Waals surface area contributed by atoms with Crippen LogP contribution in [0.4, 0.5) is 13.2 Å². The molecule has 3 aromatic rings. The molecule has 3 rings (SSSR count). The van der Waals surface area contributed by atoms with Gasteiger partial charge in [0, 0.05) is 26.0 Å². The van der Waals surface area contributed by atoms with Crippen molar-refractivity contribution in [3.05, 3.63) is 41.9 Å². The fraction of sp³-hybridized carbons (Fsp3) is 0.294. The number of aryl methyl sites for hydroxylation is 1. The molecule has 30 heavy (non-hydrogen) atoms. The second-order valence-corrected chi connectivity index (χ2v) is 6.89. The molecule has 0 aliphatic carbocycles. The molecule has 0 bridgehead atoms. The molecule has 3 heterocycles. The molecule has 0 saturated heterocycles. The van der Waals surface area contributed by atoms with Crippen molar-refractivity contribution in [1.82, 2.24) is 35.0 Å². The second-order valence-electron chi connectivity index (χ2n) is 5.95. The second kappa shape index (κ2) is 9.07. The van der Waals surface area contributed by atoms with E-state index in [1.54, 1.807) is 36.0 Å². The molecule has 1 amide bonds. The molecule has 0 fully saturated rings. The number of hydrogen-bond acceptors (Lipinski definition) is 7. The van der Waals surface area contributed by atoms with Gasteiger partial charge in [0.1, 0.15) is 11.4 Å². The summed E-state index contributed by atoms with van der Waals surface area (Å²) in [5.74, 6) is -0.168. The number of pyridine rings is 1. The molecule has 9 nitrogen and oxygen atoms in total. The summed E-state index contributed by atoms with van der Waals surface area (Å²) < 4.78 is 41.4. The fourth-order valence-electron chi connectivity index (χ4n) is 2.50. The van der Waals surface area contributed by atoms with Crippen molar-refractivity contribution in [2.75, 3.05) is 5.75 Å². The van der Waals surface area contributed by atoms with Crippen LogP contribution in [0.1, 0.15) is 18.2 Å². The number of thioether (sulfide) groups is 1. The monoisotopic (exact) mass is 438 g/mol. The maximum Gasteiger partial charge on any atom is 0.433 e. The van der Waals surface area contributed by atoms with Crippen LogP contribution in [0, 0.1) is 0 Å². The van der Waals surface area contributed by atoms with Crippen LogP contribution in [-0.4, -0.2) is 47.4 Å². The molecule has 0 aliphatic rings. The predicted octanol–water partition coefficient (Wildman–Crippen LogP) is 2.35. The zero-order chi connectivity index (χ0) is 21.7. The third-order valence-electron chi connectivity index (χ3n) is 3.87. The Balaban J connectivity index is 1.66. The van der Waals surface area contributed by atoms with Gasteiger partial charge in [-0.15, -0.1) is 10.2 Å². The Morgan fingerprint density at radius 1 is 1.30 bits per heavy atom. The number of alkyl halides is 3. The predicted molar refractivity (Wildman–Crippen MR) is 104 cm³/mol. The molecular formula is C17H17F3N8OS. The van der Waals surface area contributed by atoms with Gasteiger partial charge in [-0.1, -0.05) is 11.8 Å². The van der Waals surface area contributed by atoms with Gasteiger partial charge in [-0.2, -0.15) is 23.4 Å². The summed E-state index contributed by atoms with van der Waals surface area (Å²) >= 11 is 1.09. The Morgan fingerprint density at radius 3 is 2.67 bits per heavy atom. The summed E-state index contributed by atoms with van der Waals surface area (Å²) in [6.07, 6.45) is 0.167. The lowest BCUT2D eigenvalue weighted by atomic mass is 10.3. The standard InChI is InChI=1S/C17H17F3N8OS/c1-3-28-15(12-8-13(17(18,19)20)27(2)26-12)24-25-16(28)30-10-14(29)23-22-9-11-4-6-21-7-5-11/h4-9H,3,10H2,1-2H3,(H,23,29)/b22-9+. The van der Waals surface area contributed by atoms with E-state index in [2.05, 4.69) is 30.8 Å². The molecular weight excluding hydrogens is 421 g/mol. The maximum absolute atomic E-state index is 13.0. The molecule has 0 atom stereocenters. The molecule has 3 aromatic heterocycles. The van der Waals surface area contributed by atoms with Crippen LogP contribution in [0.2, 0.25) is 0 Å². The third kappa shape index (κ3) is 5.03. The average molecular weight is 438 g/mol. The molecule has 0 aliphatic heterocycles. The van der Waals surface area contributed by atoms with Crippen LogP contribution in [-0.2, 0) is 24.6 Å². The van der Waals surface area contributed by atoms with Crippen LogP contribution in [0.5, 0.6) is 0 Å². The number of rotatable bonds is 7. The number of nitrogens with one attached hydrogen (secondary N) is 1. The zero-order valence-electron chi connectivity index (χ0n) is 16.0. The molecule has 0 spiro atoms. The van der Waals surface area contributed by atoms with E-state index in [-0.39, 0.29) is 23.2 Å². The summed E-state index contributed by atoms with van der Waals surface area (Å²) in [5.41, 5.74) is 2.34. The Labute approximate surface area is 173 Å². The summed E-state index contributed by atoms with van der Waals surface area (Å²) in [4.78, 5) is 15.9. The molecule has 0 aromatic carbocycles. The highest BCUT2D eigenvalue weighted by Gasteiger charge is 2.35. The van der Waals surface area contributed by atoms with Gasteiger partial charge >= 0.3 is 6.18 Å². The number of hydrogen-bond donors (Lipinski definition) is 1. The molecule has 158 valence electrons. The van der Waals surface area contributed by atoms with E-state index in [4.69, 9.17) is 0 Å². The smallest absolute Gasteiger partial charge is 0.301 e. The van der Waals surface area contributed by atoms with Gasteiger partial charge in [-0.05, 0) is 30.7 Å². The summed E-state index contributed by atoms with van der Waals surface area (Å²) in [5, 5.41) is 16.1. The Hall–Kier alpha value is -3.22. The van der Waals surface area contributed by atoms with Crippen molar-refractivity contribution < 1.29 is 18.0 Å². The van der Waals surface area contributed by atoms with E-state index >= 15 is 0 Å². The largest absolute Gasteiger partial charge is 0.433 e. The van der Waals surface area contributed by atoms with Crippen molar-refractivity contribution in [3.63, 3.8) is 0 Å². The van der Waals surface area contributed by atoms with Crippen LogP contribution in [0.3, 0.4) is 0 Å². The molecule has 0 radical (unpaired) electrons. The van der Waals surface area contributed by atoms with Crippen molar-refractivity contribution >= 4 is 23.9 Å². The van der Waals surface area contributed by atoms with Gasteiger partial charge in [-0.3, -0.25) is 14.5 Å². The van der Waals surface area contributed by atoms with E-state index in [0.717, 1.165) is 28.1 Å². The first-order valence-electron chi connectivity index (χ1n) is 8.69. The normalized spacial score (nSPS) is 11.9. The molecule has 0 saturated carbocycles. The first kappa shape index (κ1) is 21.5. The fourth-order valence-corrected chi connectivity index (χ4v) is 3.30. The highest BCUT2D eigenvalue weighted by molar-refractivity contribution is 7.99. The third-order valence-corrected chi connectivity index (χ3v) is 4.84. The van der Waals surface area contributed by atoms with Crippen LogP contribution >= 0.6 is 11.8 Å². The number of nitrogens with zero attached hydrogens (tertiary/aromatic N) is 7. The quantitative estimate of drug-likeness (QED) is 0.345. The Bertz CT molecular complexity index is 1050. The van der Waals surface area contributed by atoms with E-state index in [1.807, 2.05) is 0 Å². The number of carbonyl (C=O) groups excluding carboxylic acids is 1. The van der Waals surface area contributed by atoms with Crippen molar-refractivity contribution in [2.45, 2.75) is 24.8 Å². The van der Waals surface area contributed by atoms with Crippen LogP contribution < -0.4 is 5.43 Å². The minimum absolute atomic E-state index is 0.00182. The van der Waals surface area contributed by atoms with E-state index < -0.39 is 11.9 Å². The van der Waals surface area contributed by atoms with Gasteiger partial charge in [0.15, 0.2) is 11.0 Å². The van der Waals surface area contributed by atoms with E-state index in [9.17, 15) is 18.0 Å². The van der Waals surface area contributed by atoms with Gasteiger partial charge in [0.2, 0.25) is 0 Å². The highest BCUT2D eigenvalue weighted by atomic mass is 32.2. The lowest BCUT2D eigenvalue weighted by Crippen LogP contribution is -2.20. The highest BCUT2D eigenvalue weighted by Crippen LogP contribution is 2.32. The summed E-state index contributed by atoms with van der Waals surface area (Å²) in [7, 11) is 1.21. The van der Waals surface area contributed by atoms with Gasteiger partial charge in [0.25, 0.3) is 5.91 Å². The number of hydrazone groups is 1. The number of carbonyl (C=O) groups is 1. The average Bonchev–Trinajstić information content (AvgIpc) is 3.29. The zero-order valence-corrected chi connectivity index (χ0v) is 16.8. The van der Waals surface area contributed by atoms with Crippen molar-refractivity contribution in [1.29, 1.82) is 0 Å². The molecule has 1 N–H and O–H groups in total. The lowest BCUT2D eigenvalue weighted by molar-refractivity contribution is -0.143. The lowest BCUT2D eigenvalue weighted by Gasteiger charge is -2.05. The molecule has 13 heteroatoms. The first-order chi connectivity index (χ1) is 14.3. The molecule has 0 unspecified atom stereocenters. The Morgan fingerprint density at radius 2 is 2.03 bits per heavy atom.